The molecule has 3 nitrogen and oxygen atoms in total. The van der Waals surface area contributed by atoms with Crippen molar-refractivity contribution in [3.63, 3.8) is 0 Å². The lowest BCUT2D eigenvalue weighted by atomic mass is 9.91. The summed E-state index contributed by atoms with van der Waals surface area (Å²) in [6.45, 7) is 6.40. The first-order valence-electron chi connectivity index (χ1n) is 10.1. The number of benzene rings is 3. The molecule has 0 radical (unpaired) electrons. The van der Waals surface area contributed by atoms with Gasteiger partial charge in [-0.25, -0.2) is 0 Å². The summed E-state index contributed by atoms with van der Waals surface area (Å²) in [6, 6.07) is 19.5. The van der Waals surface area contributed by atoms with Crippen molar-refractivity contribution >= 4 is 16.7 Å². The predicted octanol–water partition coefficient (Wildman–Crippen LogP) is 6.06. The molecule has 146 valence electrons. The Labute approximate surface area is 167 Å². The molecule has 3 aromatic carbocycles. The van der Waals surface area contributed by atoms with Crippen molar-refractivity contribution in [3.8, 4) is 5.75 Å². The summed E-state index contributed by atoms with van der Waals surface area (Å²) >= 11 is 0. The van der Waals surface area contributed by atoms with Crippen molar-refractivity contribution in [2.75, 3.05) is 0 Å². The molecule has 0 spiro atoms. The van der Waals surface area contributed by atoms with Crippen LogP contribution in [0.25, 0.3) is 10.8 Å². The normalized spacial score (nSPS) is 12.3. The highest BCUT2D eigenvalue weighted by atomic mass is 16.3. The van der Waals surface area contributed by atoms with Crippen molar-refractivity contribution in [2.45, 2.75) is 52.0 Å². The molecule has 0 heterocycles. The highest BCUT2D eigenvalue weighted by Gasteiger charge is 2.22. The molecule has 0 unspecified atom stereocenters. The minimum absolute atomic E-state index is 0.00659. The number of fused-ring (bicyclic) bond motifs is 1. The molecule has 0 bridgehead atoms. The molecule has 3 aromatic rings. The number of amides is 1. The number of carbonyl (C=O) groups is 1. The highest BCUT2D eigenvalue weighted by molar-refractivity contribution is 5.89. The Balaban J connectivity index is 2.09. The van der Waals surface area contributed by atoms with Gasteiger partial charge in [0.05, 0.1) is 6.04 Å². The number of hydrogen-bond donors (Lipinski definition) is 2. The summed E-state index contributed by atoms with van der Waals surface area (Å²) in [5.74, 6) is 0.650. The second-order valence-corrected chi connectivity index (χ2v) is 7.64. The number of phenols is 1. The van der Waals surface area contributed by atoms with Gasteiger partial charge < -0.3 is 10.4 Å². The zero-order chi connectivity index (χ0) is 20.1. The van der Waals surface area contributed by atoms with E-state index in [9.17, 15) is 9.90 Å². The van der Waals surface area contributed by atoms with E-state index in [0.717, 1.165) is 34.7 Å². The Morgan fingerprint density at radius 3 is 2.32 bits per heavy atom. The molecular formula is C25H29NO2. The average Bonchev–Trinajstić information content (AvgIpc) is 2.71. The maximum absolute atomic E-state index is 12.6. The van der Waals surface area contributed by atoms with Crippen LogP contribution in [0.2, 0.25) is 0 Å². The minimum Gasteiger partial charge on any atom is -0.508 e. The lowest BCUT2D eigenvalue weighted by molar-refractivity contribution is -0.121. The first kappa shape index (κ1) is 19.9. The van der Waals surface area contributed by atoms with Crippen LogP contribution >= 0.6 is 0 Å². The molecule has 2 N–H and O–H groups in total. The zero-order valence-electron chi connectivity index (χ0n) is 16.9. The molecule has 1 atom stereocenters. The Bertz CT molecular complexity index is 944. The third-order valence-corrected chi connectivity index (χ3v) is 5.24. The number of carbonyl (C=O) groups excluding carboxylic acids is 1. The molecule has 3 rings (SSSR count). The van der Waals surface area contributed by atoms with Gasteiger partial charge in [0.1, 0.15) is 5.75 Å². The molecule has 0 fully saturated rings. The van der Waals surface area contributed by atoms with Crippen LogP contribution in [0.1, 0.15) is 68.7 Å². The summed E-state index contributed by atoms with van der Waals surface area (Å²) in [6.07, 6.45) is 2.32. The van der Waals surface area contributed by atoms with Gasteiger partial charge in [-0.3, -0.25) is 4.79 Å². The first-order valence-corrected chi connectivity index (χ1v) is 10.1. The van der Waals surface area contributed by atoms with Gasteiger partial charge in [0.2, 0.25) is 5.91 Å². The standard InChI is InChI=1S/C25H29NO2/c1-4-5-10-23(28)26-25(20-13-11-18(12-14-20)17(2)3)24-21-9-7-6-8-19(21)15-16-22(24)27/h6-9,11-17,25,27H,4-5,10H2,1-3H3,(H,26,28)/t25-/m1/s1. The Hall–Kier alpha value is -2.81. The third kappa shape index (κ3) is 4.36. The van der Waals surface area contributed by atoms with E-state index >= 15 is 0 Å². The molecule has 0 saturated carbocycles. The topological polar surface area (TPSA) is 49.3 Å². The van der Waals surface area contributed by atoms with Crippen LogP contribution in [0, 0.1) is 0 Å². The van der Waals surface area contributed by atoms with Gasteiger partial charge in [-0.1, -0.05) is 81.8 Å². The van der Waals surface area contributed by atoms with Crippen LogP contribution in [-0.4, -0.2) is 11.0 Å². The lowest BCUT2D eigenvalue weighted by Gasteiger charge is -2.23. The predicted molar refractivity (Wildman–Crippen MR) is 116 cm³/mol. The maximum Gasteiger partial charge on any atom is 0.220 e. The second-order valence-electron chi connectivity index (χ2n) is 7.64. The van der Waals surface area contributed by atoms with Gasteiger partial charge in [-0.2, -0.15) is 0 Å². The molecule has 0 aromatic heterocycles. The molecule has 0 saturated heterocycles. The van der Waals surface area contributed by atoms with E-state index in [1.807, 2.05) is 30.3 Å². The fourth-order valence-corrected chi connectivity index (χ4v) is 3.55. The molecule has 3 heteroatoms. The minimum atomic E-state index is -0.392. The van der Waals surface area contributed by atoms with E-state index in [4.69, 9.17) is 0 Å². The molecule has 0 aliphatic carbocycles. The van der Waals surface area contributed by atoms with Gasteiger partial charge in [-0.05, 0) is 40.3 Å². The van der Waals surface area contributed by atoms with Gasteiger partial charge in [0, 0.05) is 12.0 Å². The van der Waals surface area contributed by atoms with E-state index in [0.29, 0.717) is 12.3 Å². The third-order valence-electron chi connectivity index (χ3n) is 5.24. The van der Waals surface area contributed by atoms with Crippen LogP contribution in [-0.2, 0) is 4.79 Å². The smallest absolute Gasteiger partial charge is 0.220 e. The van der Waals surface area contributed by atoms with E-state index < -0.39 is 6.04 Å². The fourth-order valence-electron chi connectivity index (χ4n) is 3.55. The van der Waals surface area contributed by atoms with E-state index in [2.05, 4.69) is 50.4 Å². The van der Waals surface area contributed by atoms with Crippen LogP contribution in [0.15, 0.2) is 60.7 Å². The van der Waals surface area contributed by atoms with Crippen LogP contribution in [0.5, 0.6) is 5.75 Å². The molecule has 28 heavy (non-hydrogen) atoms. The zero-order valence-corrected chi connectivity index (χ0v) is 16.9. The van der Waals surface area contributed by atoms with Crippen LogP contribution < -0.4 is 5.32 Å². The lowest BCUT2D eigenvalue weighted by Crippen LogP contribution is -2.29. The number of nitrogens with one attached hydrogen (secondary N) is 1. The number of rotatable bonds is 7. The largest absolute Gasteiger partial charge is 0.508 e. The Kier molecular flexibility index (Phi) is 6.35. The average molecular weight is 376 g/mol. The van der Waals surface area contributed by atoms with Crippen molar-refractivity contribution in [1.29, 1.82) is 0 Å². The number of phenolic OH excluding ortho intramolecular Hbond substituents is 1. The summed E-state index contributed by atoms with van der Waals surface area (Å²) in [7, 11) is 0. The van der Waals surface area contributed by atoms with Crippen molar-refractivity contribution in [2.24, 2.45) is 0 Å². The quantitative estimate of drug-likeness (QED) is 0.527. The van der Waals surface area contributed by atoms with E-state index in [1.54, 1.807) is 6.07 Å². The Morgan fingerprint density at radius 2 is 1.64 bits per heavy atom. The maximum atomic E-state index is 12.6. The monoisotopic (exact) mass is 375 g/mol. The Morgan fingerprint density at radius 1 is 0.964 bits per heavy atom. The number of hydrogen-bond acceptors (Lipinski definition) is 2. The molecule has 0 aliphatic heterocycles. The van der Waals surface area contributed by atoms with E-state index in [-0.39, 0.29) is 11.7 Å². The van der Waals surface area contributed by atoms with Crippen molar-refractivity contribution in [1.82, 2.24) is 5.32 Å². The van der Waals surface area contributed by atoms with Crippen LogP contribution in [0.4, 0.5) is 0 Å². The summed E-state index contributed by atoms with van der Waals surface area (Å²) in [4.78, 5) is 12.6. The summed E-state index contributed by atoms with van der Waals surface area (Å²) in [5, 5.41) is 15.9. The molecule has 0 aliphatic rings. The fraction of sp³-hybridized carbons (Fsp3) is 0.320. The van der Waals surface area contributed by atoms with Gasteiger partial charge in [0.25, 0.3) is 0 Å². The number of unbranched alkanes of at least 4 members (excludes halogenated alkanes) is 1. The van der Waals surface area contributed by atoms with E-state index in [1.165, 1.54) is 5.56 Å². The van der Waals surface area contributed by atoms with Crippen LogP contribution in [0.3, 0.4) is 0 Å². The molecule has 1 amide bonds. The second kappa shape index (κ2) is 8.92. The SMILES string of the molecule is CCCCC(=O)N[C@H](c1ccc(C(C)C)cc1)c1c(O)ccc2ccccc12. The van der Waals surface area contributed by atoms with Crippen molar-refractivity contribution < 1.29 is 9.90 Å². The van der Waals surface area contributed by atoms with Gasteiger partial charge in [-0.15, -0.1) is 0 Å². The van der Waals surface area contributed by atoms with Gasteiger partial charge in [0.15, 0.2) is 0 Å². The number of aromatic hydroxyl groups is 1. The van der Waals surface area contributed by atoms with Crippen molar-refractivity contribution in [3.05, 3.63) is 77.4 Å². The highest BCUT2D eigenvalue weighted by Crippen LogP contribution is 2.36. The summed E-state index contributed by atoms with van der Waals surface area (Å²) < 4.78 is 0. The summed E-state index contributed by atoms with van der Waals surface area (Å²) in [5.41, 5.74) is 2.98. The van der Waals surface area contributed by atoms with Gasteiger partial charge >= 0.3 is 0 Å². The molecular weight excluding hydrogens is 346 g/mol. The first-order chi connectivity index (χ1) is 13.5.